The van der Waals surface area contributed by atoms with E-state index in [9.17, 15) is 5.11 Å². The molecule has 2 saturated carbocycles. The van der Waals surface area contributed by atoms with Crippen LogP contribution in [0.1, 0.15) is 40.0 Å². The lowest BCUT2D eigenvalue weighted by Crippen LogP contribution is -2.43. The fraction of sp³-hybridized carbons (Fsp3) is 1.00. The molecule has 126 valence electrons. The monoisotopic (exact) mass is 312 g/mol. The molecule has 0 radical (unpaired) electrons. The Hall–Kier alpha value is -0.200. The summed E-state index contributed by atoms with van der Waals surface area (Å²) in [6.45, 7) is 8.12. The van der Waals surface area contributed by atoms with Crippen LogP contribution in [0.4, 0.5) is 0 Å². The van der Waals surface area contributed by atoms with Crippen LogP contribution in [0.15, 0.2) is 0 Å². The molecule has 0 aromatic rings. The van der Waals surface area contributed by atoms with E-state index in [0.717, 1.165) is 5.92 Å². The maximum absolute atomic E-state index is 9.75. The molecule has 2 aliphatic carbocycles. The summed E-state index contributed by atoms with van der Waals surface area (Å²) in [5.74, 6) is 0.773. The van der Waals surface area contributed by atoms with Crippen molar-refractivity contribution in [2.75, 3.05) is 20.0 Å². The van der Waals surface area contributed by atoms with Crippen molar-refractivity contribution < 1.29 is 24.1 Å². The van der Waals surface area contributed by atoms with E-state index in [1.165, 1.54) is 19.3 Å². The molecule has 2 bridgehead atoms. The zero-order chi connectivity index (χ0) is 15.5. The molecule has 0 aromatic heterocycles. The van der Waals surface area contributed by atoms with Crippen LogP contribution in [0.2, 0.25) is 0 Å². The van der Waals surface area contributed by atoms with Crippen molar-refractivity contribution in [2.24, 2.45) is 16.7 Å². The lowest BCUT2D eigenvalue weighted by atomic mass is 9.70. The fourth-order valence-corrected chi connectivity index (χ4v) is 5.45. The van der Waals surface area contributed by atoms with Crippen LogP contribution in [0.3, 0.4) is 0 Å². The molecule has 0 spiro atoms. The van der Waals surface area contributed by atoms with Crippen LogP contribution in [0.25, 0.3) is 0 Å². The molecule has 4 fully saturated rings. The van der Waals surface area contributed by atoms with Crippen molar-refractivity contribution >= 4 is 0 Å². The zero-order valence-electron chi connectivity index (χ0n) is 13.8. The van der Waals surface area contributed by atoms with Crippen LogP contribution in [0.5, 0.6) is 0 Å². The second-order valence-corrected chi connectivity index (χ2v) is 8.45. The van der Waals surface area contributed by atoms with Gasteiger partial charge in [-0.25, -0.2) is 0 Å². The summed E-state index contributed by atoms with van der Waals surface area (Å²) >= 11 is 0. The topological polar surface area (TPSA) is 57.2 Å². The highest BCUT2D eigenvalue weighted by atomic mass is 16.7. The van der Waals surface area contributed by atoms with Gasteiger partial charge >= 0.3 is 0 Å². The van der Waals surface area contributed by atoms with Crippen molar-refractivity contribution in [1.82, 2.24) is 0 Å². The van der Waals surface area contributed by atoms with E-state index in [1.54, 1.807) is 0 Å². The zero-order valence-corrected chi connectivity index (χ0v) is 13.8. The first-order valence-electron chi connectivity index (χ1n) is 8.56. The Balaban J connectivity index is 1.32. The molecular weight excluding hydrogens is 284 g/mol. The third-order valence-electron chi connectivity index (χ3n) is 6.64. The summed E-state index contributed by atoms with van der Waals surface area (Å²) < 4.78 is 23.2. The Kier molecular flexibility index (Phi) is 3.59. The van der Waals surface area contributed by atoms with Gasteiger partial charge in [0.2, 0.25) is 0 Å². The van der Waals surface area contributed by atoms with E-state index in [-0.39, 0.29) is 36.6 Å². The molecule has 1 N–H and O–H groups in total. The van der Waals surface area contributed by atoms with Gasteiger partial charge in [-0.05, 0) is 36.0 Å². The van der Waals surface area contributed by atoms with Crippen LogP contribution in [-0.2, 0) is 18.9 Å². The SMILES string of the molecule is CC12CCC(C1)C(C)(C)C2OCO[C@@H]1CO[C@H]2[C@@H]1OC[C@@H]2O. The normalized spacial score (nSPS) is 52.4. The minimum absolute atomic E-state index is 0.128. The first-order valence-corrected chi connectivity index (χ1v) is 8.56. The predicted molar refractivity (Wildman–Crippen MR) is 79.3 cm³/mol. The van der Waals surface area contributed by atoms with Gasteiger partial charge in [0.25, 0.3) is 0 Å². The van der Waals surface area contributed by atoms with Gasteiger partial charge in [-0.2, -0.15) is 0 Å². The number of rotatable bonds is 4. The van der Waals surface area contributed by atoms with Gasteiger partial charge in [0.05, 0.1) is 19.3 Å². The number of aliphatic hydroxyl groups is 1. The van der Waals surface area contributed by atoms with Crippen molar-refractivity contribution in [3.05, 3.63) is 0 Å². The summed E-state index contributed by atoms with van der Waals surface area (Å²) in [7, 11) is 0. The van der Waals surface area contributed by atoms with Crippen molar-refractivity contribution in [3.63, 3.8) is 0 Å². The second-order valence-electron chi connectivity index (χ2n) is 8.45. The van der Waals surface area contributed by atoms with Gasteiger partial charge in [-0.3, -0.25) is 0 Å². The van der Waals surface area contributed by atoms with Gasteiger partial charge in [0.15, 0.2) is 0 Å². The van der Waals surface area contributed by atoms with Crippen LogP contribution in [-0.4, -0.2) is 55.6 Å². The minimum Gasteiger partial charge on any atom is -0.388 e. The van der Waals surface area contributed by atoms with Crippen LogP contribution in [0, 0.1) is 16.7 Å². The maximum atomic E-state index is 9.75. The summed E-state index contributed by atoms with van der Waals surface area (Å²) in [5, 5.41) is 9.75. The lowest BCUT2D eigenvalue weighted by molar-refractivity contribution is -0.184. The van der Waals surface area contributed by atoms with Crippen molar-refractivity contribution in [2.45, 2.75) is 70.6 Å². The van der Waals surface area contributed by atoms with Crippen molar-refractivity contribution in [3.8, 4) is 0 Å². The number of hydrogen-bond acceptors (Lipinski definition) is 5. The van der Waals surface area contributed by atoms with Crippen LogP contribution < -0.4 is 0 Å². The highest BCUT2D eigenvalue weighted by Gasteiger charge is 2.60. The average molecular weight is 312 g/mol. The van der Waals surface area contributed by atoms with Gasteiger partial charge in [0, 0.05) is 0 Å². The highest BCUT2D eigenvalue weighted by Crippen LogP contribution is 2.63. The molecule has 2 aliphatic heterocycles. The Morgan fingerprint density at radius 2 is 1.86 bits per heavy atom. The Morgan fingerprint density at radius 1 is 1.09 bits per heavy atom. The van der Waals surface area contributed by atoms with E-state index in [2.05, 4.69) is 20.8 Å². The average Bonchev–Trinajstić information content (AvgIpc) is 3.15. The summed E-state index contributed by atoms with van der Waals surface area (Å²) in [6.07, 6.45) is 3.08. The standard InChI is InChI=1S/C17H28O5/c1-16(2)10-4-5-17(3,6-10)15(16)22-9-21-12-8-20-13-11(18)7-19-14(12)13/h10-15,18H,4-9H2,1-3H3/t10?,11-,12+,13+,14+,15?,17?/m0/s1. The summed E-state index contributed by atoms with van der Waals surface area (Å²) in [4.78, 5) is 0. The molecule has 4 rings (SSSR count). The Bertz CT molecular complexity index is 434. The fourth-order valence-electron chi connectivity index (χ4n) is 5.45. The molecule has 22 heavy (non-hydrogen) atoms. The molecule has 0 amide bonds. The quantitative estimate of drug-likeness (QED) is 0.801. The molecular formula is C17H28O5. The minimum atomic E-state index is -0.525. The smallest absolute Gasteiger partial charge is 0.147 e. The van der Waals surface area contributed by atoms with E-state index in [0.29, 0.717) is 18.6 Å². The molecule has 7 atom stereocenters. The maximum Gasteiger partial charge on any atom is 0.147 e. The number of aliphatic hydroxyl groups excluding tert-OH is 1. The molecule has 0 aromatic carbocycles. The molecule has 2 saturated heterocycles. The lowest BCUT2D eigenvalue weighted by Gasteiger charge is -2.42. The van der Waals surface area contributed by atoms with Crippen LogP contribution >= 0.6 is 0 Å². The third kappa shape index (κ3) is 2.17. The third-order valence-corrected chi connectivity index (χ3v) is 6.64. The Labute approximate surface area is 132 Å². The first kappa shape index (κ1) is 15.3. The first-order chi connectivity index (χ1) is 10.4. The molecule has 3 unspecified atom stereocenters. The molecule has 4 aliphatic rings. The summed E-state index contributed by atoms with van der Waals surface area (Å²) in [6, 6.07) is 0. The van der Waals surface area contributed by atoms with Gasteiger partial charge in [0.1, 0.15) is 31.2 Å². The number of hydrogen-bond donors (Lipinski definition) is 1. The second kappa shape index (κ2) is 5.15. The molecule has 5 nitrogen and oxygen atoms in total. The van der Waals surface area contributed by atoms with E-state index >= 15 is 0 Å². The largest absolute Gasteiger partial charge is 0.388 e. The van der Waals surface area contributed by atoms with E-state index < -0.39 is 6.10 Å². The Morgan fingerprint density at radius 3 is 2.59 bits per heavy atom. The highest BCUT2D eigenvalue weighted by molar-refractivity contribution is 5.09. The molecule has 5 heteroatoms. The van der Waals surface area contributed by atoms with Crippen molar-refractivity contribution in [1.29, 1.82) is 0 Å². The summed E-state index contributed by atoms with van der Waals surface area (Å²) in [5.41, 5.74) is 0.525. The predicted octanol–water partition coefficient (Wildman–Crippen LogP) is 1.72. The van der Waals surface area contributed by atoms with Gasteiger partial charge < -0.3 is 24.1 Å². The van der Waals surface area contributed by atoms with Gasteiger partial charge in [-0.1, -0.05) is 20.8 Å². The number of ether oxygens (including phenoxy) is 4. The van der Waals surface area contributed by atoms with E-state index in [4.69, 9.17) is 18.9 Å². The van der Waals surface area contributed by atoms with E-state index in [1.807, 2.05) is 0 Å². The molecule has 2 heterocycles. The number of fused-ring (bicyclic) bond motifs is 3. The van der Waals surface area contributed by atoms with Gasteiger partial charge in [-0.15, -0.1) is 0 Å².